The van der Waals surface area contributed by atoms with Gasteiger partial charge in [0, 0.05) is 36.2 Å². The molecule has 0 saturated carbocycles. The largest absolute Gasteiger partial charge is 0.396 e. The number of anilines is 2. The van der Waals surface area contributed by atoms with E-state index in [-0.39, 0.29) is 19.0 Å². The van der Waals surface area contributed by atoms with Crippen LogP contribution in [0.3, 0.4) is 0 Å². The van der Waals surface area contributed by atoms with Crippen molar-refractivity contribution in [3.63, 3.8) is 0 Å². The van der Waals surface area contributed by atoms with E-state index in [0.29, 0.717) is 41.2 Å². The van der Waals surface area contributed by atoms with Gasteiger partial charge >= 0.3 is 0 Å². The van der Waals surface area contributed by atoms with Crippen LogP contribution >= 0.6 is 0 Å². The Kier molecular flexibility index (Phi) is 6.93. The number of nitrogens with one attached hydrogen (secondary N) is 1. The van der Waals surface area contributed by atoms with E-state index in [1.807, 2.05) is 42.8 Å². The molecule has 0 aliphatic heterocycles. The summed E-state index contributed by atoms with van der Waals surface area (Å²) in [5.41, 5.74) is 5.99. The van der Waals surface area contributed by atoms with Gasteiger partial charge in [0.1, 0.15) is 29.3 Å². The van der Waals surface area contributed by atoms with Crippen LogP contribution < -0.4 is 5.32 Å². The number of rotatable bonds is 9. The highest BCUT2D eigenvalue weighted by molar-refractivity contribution is 5.91. The predicted octanol–water partition coefficient (Wildman–Crippen LogP) is 4.21. The Morgan fingerprint density at radius 1 is 1.00 bits per heavy atom. The van der Waals surface area contributed by atoms with E-state index < -0.39 is 0 Å². The molecule has 2 aromatic carbocycles. The third-order valence-electron chi connectivity index (χ3n) is 6.21. The summed E-state index contributed by atoms with van der Waals surface area (Å²) in [5.74, 6) is 1.01. The maximum absolute atomic E-state index is 13.5. The van der Waals surface area contributed by atoms with Crippen molar-refractivity contribution in [2.45, 2.75) is 32.8 Å². The van der Waals surface area contributed by atoms with Crippen LogP contribution in [0.5, 0.6) is 0 Å². The molecule has 3 N–H and O–H groups in total. The highest BCUT2D eigenvalue weighted by Gasteiger charge is 2.17. The number of aryl methyl sites for hydroxylation is 3. The molecular weight excluding hydrogens is 473 g/mol. The summed E-state index contributed by atoms with van der Waals surface area (Å²) in [6.07, 6.45) is 3.82. The average Bonchev–Trinajstić information content (AvgIpc) is 3.48. The van der Waals surface area contributed by atoms with Gasteiger partial charge in [-0.15, -0.1) is 0 Å². The van der Waals surface area contributed by atoms with Crippen LogP contribution in [-0.2, 0) is 20.1 Å². The molecule has 0 spiro atoms. The average molecular weight is 502 g/mol. The van der Waals surface area contributed by atoms with Crippen molar-refractivity contribution in [2.24, 2.45) is 7.05 Å². The first-order valence-electron chi connectivity index (χ1n) is 12.1. The lowest BCUT2D eigenvalue weighted by Gasteiger charge is -2.13. The minimum absolute atomic E-state index is 0.134. The van der Waals surface area contributed by atoms with Crippen LogP contribution in [0.25, 0.3) is 28.2 Å². The number of unbranched alkanes of at least 4 members (excludes halogenated alkanes) is 1. The van der Waals surface area contributed by atoms with Crippen LogP contribution in [0, 0.1) is 12.7 Å². The standard InChI is InChI=1S/C27H28FN7O2/c1-17-29-16-35(33-17)24-11-10-22(13-19(24)15-37)30-23-14-21(5-3-4-12-36)31-27-25(23)32-26(34(27)2)18-6-8-20(28)9-7-18/h6-11,13-14,16,36-37H,3-5,12,15H2,1-2H3,(H,30,31). The molecule has 3 aromatic heterocycles. The summed E-state index contributed by atoms with van der Waals surface area (Å²) in [7, 11) is 1.89. The van der Waals surface area contributed by atoms with Crippen molar-refractivity contribution < 1.29 is 14.6 Å². The van der Waals surface area contributed by atoms with E-state index in [4.69, 9.17) is 9.97 Å². The van der Waals surface area contributed by atoms with E-state index in [1.165, 1.54) is 12.1 Å². The van der Waals surface area contributed by atoms with Crippen LogP contribution in [0.4, 0.5) is 15.8 Å². The molecule has 0 atom stereocenters. The summed E-state index contributed by atoms with van der Waals surface area (Å²) in [4.78, 5) is 13.9. The molecule has 0 aliphatic rings. The SMILES string of the molecule is Cc1ncn(-c2ccc(Nc3cc(CCCCO)nc4c3nc(-c3ccc(F)cc3)n4C)cc2CO)n1. The maximum atomic E-state index is 13.5. The highest BCUT2D eigenvalue weighted by atomic mass is 19.1. The van der Waals surface area contributed by atoms with Crippen molar-refractivity contribution >= 4 is 22.5 Å². The fourth-order valence-corrected chi connectivity index (χ4v) is 4.33. The molecule has 37 heavy (non-hydrogen) atoms. The minimum atomic E-state index is -0.307. The molecule has 0 radical (unpaired) electrons. The van der Waals surface area contributed by atoms with Gasteiger partial charge in [-0.25, -0.2) is 24.0 Å². The molecule has 0 fully saturated rings. The predicted molar refractivity (Wildman–Crippen MR) is 139 cm³/mol. The van der Waals surface area contributed by atoms with E-state index in [9.17, 15) is 14.6 Å². The van der Waals surface area contributed by atoms with Crippen molar-refractivity contribution in [3.05, 3.63) is 77.8 Å². The van der Waals surface area contributed by atoms with Gasteiger partial charge in [0.2, 0.25) is 0 Å². The smallest absolute Gasteiger partial charge is 0.162 e. The minimum Gasteiger partial charge on any atom is -0.396 e. The zero-order valence-corrected chi connectivity index (χ0v) is 20.7. The van der Waals surface area contributed by atoms with Crippen molar-refractivity contribution in [3.8, 4) is 17.1 Å². The number of benzene rings is 2. The molecule has 10 heteroatoms. The van der Waals surface area contributed by atoms with E-state index in [0.717, 1.165) is 34.7 Å². The highest BCUT2D eigenvalue weighted by Crippen LogP contribution is 2.31. The quantitative estimate of drug-likeness (QED) is 0.259. The molecule has 5 aromatic rings. The number of fused-ring (bicyclic) bond motifs is 1. The second-order valence-corrected chi connectivity index (χ2v) is 8.88. The van der Waals surface area contributed by atoms with Gasteiger partial charge < -0.3 is 20.1 Å². The molecule has 9 nitrogen and oxygen atoms in total. The van der Waals surface area contributed by atoms with Gasteiger partial charge in [-0.2, -0.15) is 5.10 Å². The number of imidazole rings is 1. The third kappa shape index (κ3) is 5.07. The van der Waals surface area contributed by atoms with Gasteiger partial charge in [-0.3, -0.25) is 0 Å². The summed E-state index contributed by atoms with van der Waals surface area (Å²) in [5, 5.41) is 27.1. The van der Waals surface area contributed by atoms with Crippen molar-refractivity contribution in [1.82, 2.24) is 29.3 Å². The van der Waals surface area contributed by atoms with Crippen LogP contribution in [0.2, 0.25) is 0 Å². The summed E-state index contributed by atoms with van der Waals surface area (Å²) >= 11 is 0. The first kappa shape index (κ1) is 24.5. The van der Waals surface area contributed by atoms with Gasteiger partial charge in [-0.1, -0.05) is 0 Å². The molecule has 3 heterocycles. The Morgan fingerprint density at radius 3 is 2.51 bits per heavy atom. The molecule has 0 aliphatic carbocycles. The molecule has 0 bridgehead atoms. The van der Waals surface area contributed by atoms with E-state index in [2.05, 4.69) is 15.4 Å². The Bertz CT molecular complexity index is 1540. The number of aliphatic hydroxyl groups is 2. The van der Waals surface area contributed by atoms with Gasteiger partial charge in [0.25, 0.3) is 0 Å². The molecular formula is C27H28FN7O2. The fraction of sp³-hybridized carbons (Fsp3) is 0.259. The van der Waals surface area contributed by atoms with Crippen LogP contribution in [0.1, 0.15) is 29.9 Å². The molecule has 5 rings (SSSR count). The van der Waals surface area contributed by atoms with Crippen LogP contribution in [0.15, 0.2) is 54.9 Å². The molecule has 0 amide bonds. The number of halogens is 1. The topological polar surface area (TPSA) is 114 Å². The lowest BCUT2D eigenvalue weighted by atomic mass is 10.1. The molecule has 0 saturated heterocycles. The van der Waals surface area contributed by atoms with E-state index in [1.54, 1.807) is 23.1 Å². The van der Waals surface area contributed by atoms with E-state index >= 15 is 0 Å². The lowest BCUT2D eigenvalue weighted by Crippen LogP contribution is -2.03. The monoisotopic (exact) mass is 501 g/mol. The number of hydrogen-bond donors (Lipinski definition) is 3. The Balaban J connectivity index is 1.57. The molecule has 0 unspecified atom stereocenters. The second kappa shape index (κ2) is 10.5. The Labute approximate surface area is 213 Å². The van der Waals surface area contributed by atoms with Gasteiger partial charge in [0.05, 0.1) is 18.0 Å². The first-order chi connectivity index (χ1) is 18.0. The zero-order valence-electron chi connectivity index (χ0n) is 20.7. The summed E-state index contributed by atoms with van der Waals surface area (Å²) in [6, 6.07) is 13.8. The fourth-order valence-electron chi connectivity index (χ4n) is 4.33. The first-order valence-corrected chi connectivity index (χ1v) is 12.1. The summed E-state index contributed by atoms with van der Waals surface area (Å²) in [6.45, 7) is 1.78. The zero-order chi connectivity index (χ0) is 25.9. The van der Waals surface area contributed by atoms with Crippen molar-refractivity contribution in [2.75, 3.05) is 11.9 Å². The Morgan fingerprint density at radius 2 is 1.81 bits per heavy atom. The van der Waals surface area contributed by atoms with Gasteiger partial charge in [0.15, 0.2) is 5.65 Å². The number of aromatic nitrogens is 6. The maximum Gasteiger partial charge on any atom is 0.162 e. The number of hydrogen-bond acceptors (Lipinski definition) is 7. The van der Waals surface area contributed by atoms with Gasteiger partial charge in [-0.05, 0) is 74.7 Å². The Hall–Kier alpha value is -4.15. The lowest BCUT2D eigenvalue weighted by molar-refractivity contribution is 0.281. The third-order valence-corrected chi connectivity index (χ3v) is 6.21. The number of aliphatic hydroxyl groups excluding tert-OH is 2. The normalized spacial score (nSPS) is 11.4. The van der Waals surface area contributed by atoms with Crippen molar-refractivity contribution in [1.29, 1.82) is 0 Å². The second-order valence-electron chi connectivity index (χ2n) is 8.88. The summed E-state index contributed by atoms with van der Waals surface area (Å²) < 4.78 is 17.1. The number of pyridine rings is 1. The number of nitrogens with zero attached hydrogens (tertiary/aromatic N) is 6. The van der Waals surface area contributed by atoms with Crippen LogP contribution in [-0.4, -0.2) is 46.1 Å². The molecule has 190 valence electrons.